The minimum atomic E-state index is 0.108. The zero-order valence-electron chi connectivity index (χ0n) is 10.7. The van der Waals surface area contributed by atoms with E-state index >= 15 is 0 Å². The third-order valence-corrected chi connectivity index (χ3v) is 4.12. The lowest BCUT2D eigenvalue weighted by Crippen LogP contribution is -2.36. The zero-order chi connectivity index (χ0) is 13.0. The standard InChI is InChI=1S/C15H19Cl2N/c1-2-9-18-11-15(7-3-4-8-15)13-6-5-12(16)10-14(13)17/h3-6,10,18H,2,7-9,11H2,1H3. The number of hydrogen-bond donors (Lipinski definition) is 1. The fraction of sp³-hybridized carbons (Fsp3) is 0.467. The maximum absolute atomic E-state index is 6.37. The Bertz CT molecular complexity index is 432. The molecule has 0 saturated heterocycles. The monoisotopic (exact) mass is 283 g/mol. The van der Waals surface area contributed by atoms with Crippen molar-refractivity contribution in [3.8, 4) is 0 Å². The first kappa shape index (κ1) is 13.9. The van der Waals surface area contributed by atoms with Gasteiger partial charge in [0.05, 0.1) is 0 Å². The molecule has 1 aromatic rings. The Labute approximate surface area is 119 Å². The molecule has 0 aliphatic heterocycles. The van der Waals surface area contributed by atoms with E-state index in [-0.39, 0.29) is 5.41 Å². The molecule has 98 valence electrons. The van der Waals surface area contributed by atoms with Crippen molar-refractivity contribution < 1.29 is 0 Å². The second-order valence-corrected chi connectivity index (χ2v) is 5.80. The Morgan fingerprint density at radius 1 is 1.22 bits per heavy atom. The summed E-state index contributed by atoms with van der Waals surface area (Å²) in [7, 11) is 0. The zero-order valence-corrected chi connectivity index (χ0v) is 12.2. The number of allylic oxidation sites excluding steroid dienone is 2. The highest BCUT2D eigenvalue weighted by Crippen LogP contribution is 2.40. The van der Waals surface area contributed by atoms with E-state index in [1.807, 2.05) is 12.1 Å². The molecule has 2 rings (SSSR count). The molecule has 0 spiro atoms. The van der Waals surface area contributed by atoms with Crippen molar-refractivity contribution in [2.24, 2.45) is 0 Å². The summed E-state index contributed by atoms with van der Waals surface area (Å²) in [6, 6.07) is 5.85. The van der Waals surface area contributed by atoms with Crippen molar-refractivity contribution in [3.63, 3.8) is 0 Å². The Morgan fingerprint density at radius 3 is 2.56 bits per heavy atom. The molecule has 0 fully saturated rings. The maximum Gasteiger partial charge on any atom is 0.0459 e. The topological polar surface area (TPSA) is 12.0 Å². The van der Waals surface area contributed by atoms with Gasteiger partial charge < -0.3 is 5.32 Å². The summed E-state index contributed by atoms with van der Waals surface area (Å²) in [5.74, 6) is 0. The first-order valence-corrected chi connectivity index (χ1v) is 7.25. The molecular weight excluding hydrogens is 265 g/mol. The number of halogens is 2. The average Bonchev–Trinajstić information content (AvgIpc) is 2.79. The van der Waals surface area contributed by atoms with Gasteiger partial charge in [-0.2, -0.15) is 0 Å². The van der Waals surface area contributed by atoms with Gasteiger partial charge in [0.15, 0.2) is 0 Å². The van der Waals surface area contributed by atoms with E-state index in [2.05, 4.69) is 30.5 Å². The lowest BCUT2D eigenvalue weighted by Gasteiger charge is -2.31. The quantitative estimate of drug-likeness (QED) is 0.616. The third-order valence-electron chi connectivity index (χ3n) is 3.58. The number of nitrogens with one attached hydrogen (secondary N) is 1. The second-order valence-electron chi connectivity index (χ2n) is 4.96. The molecular formula is C15H19Cl2N. The SMILES string of the molecule is CCCNCC1(c2ccc(Cl)cc2Cl)CC=CC1. The van der Waals surface area contributed by atoms with Crippen LogP contribution in [0.1, 0.15) is 31.7 Å². The van der Waals surface area contributed by atoms with Crippen LogP contribution < -0.4 is 5.32 Å². The number of benzene rings is 1. The highest BCUT2D eigenvalue weighted by Gasteiger charge is 2.34. The summed E-state index contributed by atoms with van der Waals surface area (Å²) in [6.45, 7) is 4.20. The van der Waals surface area contributed by atoms with E-state index in [0.717, 1.165) is 37.4 Å². The van der Waals surface area contributed by atoms with Crippen LogP contribution in [0.3, 0.4) is 0 Å². The van der Waals surface area contributed by atoms with E-state index in [9.17, 15) is 0 Å². The van der Waals surface area contributed by atoms with Crippen LogP contribution >= 0.6 is 23.2 Å². The van der Waals surface area contributed by atoms with Crippen LogP contribution in [-0.4, -0.2) is 13.1 Å². The van der Waals surface area contributed by atoms with E-state index in [4.69, 9.17) is 23.2 Å². The van der Waals surface area contributed by atoms with Crippen LogP contribution in [0.4, 0.5) is 0 Å². The Morgan fingerprint density at radius 2 is 1.94 bits per heavy atom. The number of rotatable bonds is 5. The van der Waals surface area contributed by atoms with Crippen molar-refractivity contribution in [3.05, 3.63) is 46.0 Å². The first-order chi connectivity index (χ1) is 8.68. The molecule has 0 amide bonds. The molecule has 1 aliphatic rings. The molecule has 0 aromatic heterocycles. The fourth-order valence-corrected chi connectivity index (χ4v) is 3.19. The van der Waals surface area contributed by atoms with Crippen molar-refractivity contribution in [1.82, 2.24) is 5.32 Å². The van der Waals surface area contributed by atoms with Crippen molar-refractivity contribution in [1.29, 1.82) is 0 Å². The summed E-state index contributed by atoms with van der Waals surface area (Å²) in [4.78, 5) is 0. The predicted molar refractivity (Wildman–Crippen MR) is 79.7 cm³/mol. The first-order valence-electron chi connectivity index (χ1n) is 6.49. The van der Waals surface area contributed by atoms with Crippen molar-refractivity contribution >= 4 is 23.2 Å². The van der Waals surface area contributed by atoms with E-state index in [0.29, 0.717) is 5.02 Å². The largest absolute Gasteiger partial charge is 0.316 e. The third kappa shape index (κ3) is 2.90. The van der Waals surface area contributed by atoms with Crippen molar-refractivity contribution in [2.45, 2.75) is 31.6 Å². The van der Waals surface area contributed by atoms with Crippen LogP contribution in [0, 0.1) is 0 Å². The van der Waals surface area contributed by atoms with Gasteiger partial charge in [-0.25, -0.2) is 0 Å². The van der Waals surface area contributed by atoms with Gasteiger partial charge >= 0.3 is 0 Å². The van der Waals surface area contributed by atoms with Crippen LogP contribution in [-0.2, 0) is 5.41 Å². The van der Waals surface area contributed by atoms with Gasteiger partial charge in [-0.3, -0.25) is 0 Å². The summed E-state index contributed by atoms with van der Waals surface area (Å²) in [5.41, 5.74) is 1.32. The van der Waals surface area contributed by atoms with Crippen LogP contribution in [0.25, 0.3) is 0 Å². The summed E-state index contributed by atoms with van der Waals surface area (Å²) in [5, 5.41) is 5.01. The van der Waals surface area contributed by atoms with Crippen molar-refractivity contribution in [2.75, 3.05) is 13.1 Å². The molecule has 3 heteroatoms. The normalized spacial score (nSPS) is 17.3. The molecule has 0 radical (unpaired) electrons. The second kappa shape index (κ2) is 6.10. The van der Waals surface area contributed by atoms with E-state index < -0.39 is 0 Å². The van der Waals surface area contributed by atoms with Gasteiger partial charge in [0, 0.05) is 22.0 Å². The van der Waals surface area contributed by atoms with Gasteiger partial charge in [0.2, 0.25) is 0 Å². The maximum atomic E-state index is 6.37. The Kier molecular flexibility index (Phi) is 4.71. The number of hydrogen-bond acceptors (Lipinski definition) is 1. The average molecular weight is 284 g/mol. The lowest BCUT2D eigenvalue weighted by atomic mass is 9.78. The van der Waals surface area contributed by atoms with Crippen LogP contribution in [0.2, 0.25) is 10.0 Å². The summed E-state index contributed by atoms with van der Waals surface area (Å²) >= 11 is 12.4. The molecule has 1 N–H and O–H groups in total. The molecule has 0 unspecified atom stereocenters. The molecule has 18 heavy (non-hydrogen) atoms. The lowest BCUT2D eigenvalue weighted by molar-refractivity contribution is 0.419. The van der Waals surface area contributed by atoms with Gasteiger partial charge in [-0.05, 0) is 43.5 Å². The van der Waals surface area contributed by atoms with Crippen LogP contribution in [0.5, 0.6) is 0 Å². The minimum Gasteiger partial charge on any atom is -0.316 e. The Balaban J connectivity index is 2.23. The molecule has 0 bridgehead atoms. The smallest absolute Gasteiger partial charge is 0.0459 e. The summed E-state index contributed by atoms with van der Waals surface area (Å²) < 4.78 is 0. The summed E-state index contributed by atoms with van der Waals surface area (Å²) in [6.07, 6.45) is 7.74. The highest BCUT2D eigenvalue weighted by atomic mass is 35.5. The van der Waals surface area contributed by atoms with Crippen LogP contribution in [0.15, 0.2) is 30.4 Å². The molecule has 0 atom stereocenters. The van der Waals surface area contributed by atoms with Gasteiger partial charge in [-0.15, -0.1) is 0 Å². The molecule has 0 heterocycles. The fourth-order valence-electron chi connectivity index (χ4n) is 2.58. The minimum absolute atomic E-state index is 0.108. The van der Waals surface area contributed by atoms with Gasteiger partial charge in [0.1, 0.15) is 0 Å². The molecule has 0 saturated carbocycles. The molecule has 1 nitrogen and oxygen atoms in total. The highest BCUT2D eigenvalue weighted by molar-refractivity contribution is 6.35. The molecule has 1 aliphatic carbocycles. The predicted octanol–water partition coefficient (Wildman–Crippen LogP) is 4.58. The van der Waals surface area contributed by atoms with Gasteiger partial charge in [-0.1, -0.05) is 48.3 Å². The Hall–Kier alpha value is -0.500. The molecule has 1 aromatic carbocycles. The van der Waals surface area contributed by atoms with E-state index in [1.165, 1.54) is 5.56 Å². The van der Waals surface area contributed by atoms with Gasteiger partial charge in [0.25, 0.3) is 0 Å². The van der Waals surface area contributed by atoms with E-state index in [1.54, 1.807) is 0 Å².